The summed E-state index contributed by atoms with van der Waals surface area (Å²) in [5, 5.41) is 0. The van der Waals surface area contributed by atoms with Gasteiger partial charge >= 0.3 is 0 Å². The van der Waals surface area contributed by atoms with Crippen molar-refractivity contribution in [1.29, 1.82) is 0 Å². The molecule has 0 aromatic heterocycles. The van der Waals surface area contributed by atoms with E-state index in [1.54, 1.807) is 6.08 Å². The van der Waals surface area contributed by atoms with Gasteiger partial charge in [0.15, 0.2) is 0 Å². The fourth-order valence-electron chi connectivity index (χ4n) is 1.25. The number of aldehydes is 1. The van der Waals surface area contributed by atoms with Crippen LogP contribution in [0.5, 0.6) is 0 Å². The normalized spacial score (nSPS) is 20.9. The van der Waals surface area contributed by atoms with Crippen LogP contribution in [0.4, 0.5) is 0 Å². The fourth-order valence-corrected chi connectivity index (χ4v) is 1.25. The minimum atomic E-state index is -0.489. The summed E-state index contributed by atoms with van der Waals surface area (Å²) in [5.41, 5.74) is 0.579. The van der Waals surface area contributed by atoms with E-state index in [9.17, 15) is 4.79 Å². The summed E-state index contributed by atoms with van der Waals surface area (Å²) in [4.78, 5) is 10.8. The van der Waals surface area contributed by atoms with Crippen molar-refractivity contribution in [2.75, 3.05) is 0 Å². The SMILES string of the molecule is C=CC(C)(C=O)C1=CCCC=C1. The molecular formula is C11H14O. The van der Waals surface area contributed by atoms with Crippen molar-refractivity contribution < 1.29 is 4.79 Å². The van der Waals surface area contributed by atoms with Gasteiger partial charge in [0.1, 0.15) is 6.29 Å². The lowest BCUT2D eigenvalue weighted by Gasteiger charge is -2.21. The van der Waals surface area contributed by atoms with E-state index < -0.39 is 5.41 Å². The van der Waals surface area contributed by atoms with Gasteiger partial charge in [0.05, 0.1) is 5.41 Å². The third kappa shape index (κ3) is 1.55. The highest BCUT2D eigenvalue weighted by molar-refractivity contribution is 5.69. The Hall–Kier alpha value is -1.11. The molecule has 1 aliphatic rings. The summed E-state index contributed by atoms with van der Waals surface area (Å²) < 4.78 is 0. The predicted molar refractivity (Wildman–Crippen MR) is 50.8 cm³/mol. The smallest absolute Gasteiger partial charge is 0.134 e. The van der Waals surface area contributed by atoms with E-state index in [2.05, 4.69) is 18.7 Å². The summed E-state index contributed by atoms with van der Waals surface area (Å²) in [6, 6.07) is 0. The first kappa shape index (κ1) is 8.98. The predicted octanol–water partition coefficient (Wildman–Crippen LogP) is 2.65. The molecule has 0 spiro atoms. The summed E-state index contributed by atoms with van der Waals surface area (Å²) >= 11 is 0. The van der Waals surface area contributed by atoms with Crippen molar-refractivity contribution in [3.63, 3.8) is 0 Å². The molecule has 0 aliphatic heterocycles. The average molecular weight is 162 g/mol. The van der Waals surface area contributed by atoms with Gasteiger partial charge in [-0.3, -0.25) is 0 Å². The second-order valence-electron chi connectivity index (χ2n) is 3.24. The summed E-state index contributed by atoms with van der Waals surface area (Å²) in [6.07, 6.45) is 11.0. The average Bonchev–Trinajstić information content (AvgIpc) is 2.18. The number of carbonyl (C=O) groups excluding carboxylic acids is 1. The zero-order valence-electron chi connectivity index (χ0n) is 7.42. The molecule has 0 aromatic rings. The zero-order chi connectivity index (χ0) is 9.03. The second-order valence-corrected chi connectivity index (χ2v) is 3.24. The van der Waals surface area contributed by atoms with E-state index in [1.165, 1.54) is 0 Å². The van der Waals surface area contributed by atoms with E-state index >= 15 is 0 Å². The lowest BCUT2D eigenvalue weighted by atomic mass is 9.81. The monoisotopic (exact) mass is 162 g/mol. The van der Waals surface area contributed by atoms with Crippen LogP contribution in [0, 0.1) is 5.41 Å². The summed E-state index contributed by atoms with van der Waals surface area (Å²) in [7, 11) is 0. The molecule has 0 heterocycles. The Morgan fingerprint density at radius 1 is 1.58 bits per heavy atom. The standard InChI is InChI=1S/C11H14O/c1-3-11(2,9-12)10-7-5-4-6-8-10/h3,5,7-9H,1,4,6H2,2H3. The van der Waals surface area contributed by atoms with Crippen molar-refractivity contribution in [3.05, 3.63) is 36.5 Å². The molecule has 64 valence electrons. The number of rotatable bonds is 3. The highest BCUT2D eigenvalue weighted by atomic mass is 16.1. The van der Waals surface area contributed by atoms with Crippen molar-refractivity contribution >= 4 is 6.29 Å². The molecule has 0 radical (unpaired) electrons. The van der Waals surface area contributed by atoms with Crippen LogP contribution in [-0.2, 0) is 4.79 Å². The van der Waals surface area contributed by atoms with Crippen LogP contribution in [0.1, 0.15) is 19.8 Å². The number of carbonyl (C=O) groups is 1. The maximum atomic E-state index is 10.8. The molecule has 0 saturated carbocycles. The molecule has 0 fully saturated rings. The fraction of sp³-hybridized carbons (Fsp3) is 0.364. The minimum absolute atomic E-state index is 0.489. The third-order valence-electron chi connectivity index (χ3n) is 2.29. The Morgan fingerprint density at radius 3 is 2.75 bits per heavy atom. The van der Waals surface area contributed by atoms with Crippen LogP contribution in [0.3, 0.4) is 0 Å². The largest absolute Gasteiger partial charge is 0.302 e. The van der Waals surface area contributed by atoms with Crippen molar-refractivity contribution in [3.8, 4) is 0 Å². The highest BCUT2D eigenvalue weighted by Crippen LogP contribution is 2.29. The van der Waals surface area contributed by atoms with E-state index in [4.69, 9.17) is 0 Å². The van der Waals surface area contributed by atoms with Crippen LogP contribution in [-0.4, -0.2) is 6.29 Å². The van der Waals surface area contributed by atoms with Gasteiger partial charge in [0, 0.05) is 0 Å². The molecule has 1 unspecified atom stereocenters. The van der Waals surface area contributed by atoms with Gasteiger partial charge in [-0.2, -0.15) is 0 Å². The topological polar surface area (TPSA) is 17.1 Å². The molecule has 0 amide bonds. The van der Waals surface area contributed by atoms with E-state index in [0.717, 1.165) is 24.7 Å². The molecule has 1 aliphatic carbocycles. The quantitative estimate of drug-likeness (QED) is 0.460. The molecule has 1 nitrogen and oxygen atoms in total. The summed E-state index contributed by atoms with van der Waals surface area (Å²) in [6.45, 7) is 5.56. The van der Waals surface area contributed by atoms with E-state index in [0.29, 0.717) is 0 Å². The molecule has 1 atom stereocenters. The Bertz CT molecular complexity index is 238. The molecule has 0 saturated heterocycles. The van der Waals surface area contributed by atoms with Gasteiger partial charge in [-0.1, -0.05) is 24.3 Å². The van der Waals surface area contributed by atoms with Gasteiger partial charge in [0.2, 0.25) is 0 Å². The first-order chi connectivity index (χ1) is 5.73. The molecule has 1 rings (SSSR count). The van der Waals surface area contributed by atoms with Crippen molar-refractivity contribution in [1.82, 2.24) is 0 Å². The molecule has 0 bridgehead atoms. The Balaban J connectivity index is 2.92. The number of hydrogen-bond acceptors (Lipinski definition) is 1. The zero-order valence-corrected chi connectivity index (χ0v) is 7.42. The van der Waals surface area contributed by atoms with Crippen LogP contribution >= 0.6 is 0 Å². The van der Waals surface area contributed by atoms with Crippen LogP contribution < -0.4 is 0 Å². The van der Waals surface area contributed by atoms with Gasteiger partial charge in [0.25, 0.3) is 0 Å². The third-order valence-corrected chi connectivity index (χ3v) is 2.29. The minimum Gasteiger partial charge on any atom is -0.302 e. The molecule has 12 heavy (non-hydrogen) atoms. The lowest BCUT2D eigenvalue weighted by Crippen LogP contribution is -2.17. The van der Waals surface area contributed by atoms with Crippen LogP contribution in [0.15, 0.2) is 36.5 Å². The highest BCUT2D eigenvalue weighted by Gasteiger charge is 2.23. The van der Waals surface area contributed by atoms with Crippen LogP contribution in [0.25, 0.3) is 0 Å². The summed E-state index contributed by atoms with van der Waals surface area (Å²) in [5.74, 6) is 0. The maximum absolute atomic E-state index is 10.8. The molecule has 0 aromatic carbocycles. The Kier molecular flexibility index (Phi) is 2.64. The van der Waals surface area contributed by atoms with E-state index in [1.807, 2.05) is 13.0 Å². The van der Waals surface area contributed by atoms with Gasteiger partial charge in [-0.25, -0.2) is 0 Å². The second kappa shape index (κ2) is 3.53. The van der Waals surface area contributed by atoms with Crippen molar-refractivity contribution in [2.24, 2.45) is 5.41 Å². The van der Waals surface area contributed by atoms with Crippen molar-refractivity contribution in [2.45, 2.75) is 19.8 Å². The first-order valence-electron chi connectivity index (χ1n) is 4.20. The Morgan fingerprint density at radius 2 is 2.33 bits per heavy atom. The number of hydrogen-bond donors (Lipinski definition) is 0. The van der Waals surface area contributed by atoms with Gasteiger partial charge in [-0.05, 0) is 25.3 Å². The molecule has 0 N–H and O–H groups in total. The van der Waals surface area contributed by atoms with E-state index in [-0.39, 0.29) is 0 Å². The molecule has 1 heteroatoms. The molecular weight excluding hydrogens is 148 g/mol. The Labute approximate surface area is 73.5 Å². The van der Waals surface area contributed by atoms with Gasteiger partial charge in [-0.15, -0.1) is 6.58 Å². The first-order valence-corrected chi connectivity index (χ1v) is 4.20. The lowest BCUT2D eigenvalue weighted by molar-refractivity contribution is -0.112. The van der Waals surface area contributed by atoms with Gasteiger partial charge < -0.3 is 4.79 Å². The van der Waals surface area contributed by atoms with Crippen LogP contribution in [0.2, 0.25) is 0 Å². The number of allylic oxidation sites excluding steroid dienone is 5. The maximum Gasteiger partial charge on any atom is 0.134 e.